The number of hydrogen-bond donors (Lipinski definition) is 1. The van der Waals surface area contributed by atoms with Gasteiger partial charge in [0.05, 0.1) is 12.3 Å². The Labute approximate surface area is 116 Å². The topological polar surface area (TPSA) is 39.1 Å². The second-order valence-electron chi connectivity index (χ2n) is 5.10. The first-order chi connectivity index (χ1) is 9.08. The van der Waals surface area contributed by atoms with Crippen molar-refractivity contribution in [2.75, 3.05) is 26.8 Å². The summed E-state index contributed by atoms with van der Waals surface area (Å²) in [6.45, 7) is 9.13. The van der Waals surface area contributed by atoms with Crippen LogP contribution in [0.3, 0.4) is 0 Å². The molecule has 1 heterocycles. The standard InChI is InChI=1S/C15H27N3O/c1-6-15-14(11-18(4)17-15)9-13(12(2)3)10-16-7-8-19-5/h9,11-12,16H,6-8,10H2,1-5H3/b13-9-. The van der Waals surface area contributed by atoms with Crippen molar-refractivity contribution in [3.63, 3.8) is 0 Å². The van der Waals surface area contributed by atoms with Crippen molar-refractivity contribution in [3.8, 4) is 0 Å². The summed E-state index contributed by atoms with van der Waals surface area (Å²) in [6, 6.07) is 0. The molecule has 1 rings (SSSR count). The van der Waals surface area contributed by atoms with Crippen LogP contribution in [0.4, 0.5) is 0 Å². The maximum Gasteiger partial charge on any atom is 0.0694 e. The molecule has 0 radical (unpaired) electrons. The summed E-state index contributed by atoms with van der Waals surface area (Å²) in [5, 5.41) is 7.89. The van der Waals surface area contributed by atoms with Gasteiger partial charge in [-0.15, -0.1) is 0 Å². The predicted octanol–water partition coefficient (Wildman–Crippen LogP) is 2.26. The molecule has 1 aromatic heterocycles. The van der Waals surface area contributed by atoms with E-state index in [9.17, 15) is 0 Å². The van der Waals surface area contributed by atoms with E-state index in [0.29, 0.717) is 5.92 Å². The van der Waals surface area contributed by atoms with E-state index in [1.54, 1.807) is 7.11 Å². The van der Waals surface area contributed by atoms with Crippen LogP contribution in [-0.2, 0) is 18.2 Å². The molecule has 0 bridgehead atoms. The zero-order valence-corrected chi connectivity index (χ0v) is 12.9. The average molecular weight is 265 g/mol. The summed E-state index contributed by atoms with van der Waals surface area (Å²) in [6.07, 6.45) is 5.34. The molecule has 4 heteroatoms. The van der Waals surface area contributed by atoms with Crippen LogP contribution in [-0.4, -0.2) is 36.6 Å². The van der Waals surface area contributed by atoms with E-state index in [0.717, 1.165) is 31.8 Å². The normalized spacial score (nSPS) is 12.4. The summed E-state index contributed by atoms with van der Waals surface area (Å²) in [5.41, 5.74) is 3.80. The lowest BCUT2D eigenvalue weighted by molar-refractivity contribution is 0.200. The molecule has 0 amide bonds. The van der Waals surface area contributed by atoms with E-state index >= 15 is 0 Å². The lowest BCUT2D eigenvalue weighted by atomic mass is 10.00. The number of ether oxygens (including phenoxy) is 1. The highest BCUT2D eigenvalue weighted by Crippen LogP contribution is 2.17. The van der Waals surface area contributed by atoms with Gasteiger partial charge in [-0.25, -0.2) is 0 Å². The van der Waals surface area contributed by atoms with Crippen LogP contribution < -0.4 is 5.32 Å². The molecular formula is C15H27N3O. The van der Waals surface area contributed by atoms with Crippen LogP contribution in [0, 0.1) is 5.92 Å². The highest BCUT2D eigenvalue weighted by Gasteiger charge is 2.08. The van der Waals surface area contributed by atoms with Gasteiger partial charge in [0, 0.05) is 39.0 Å². The van der Waals surface area contributed by atoms with Gasteiger partial charge in [0.2, 0.25) is 0 Å². The van der Waals surface area contributed by atoms with Crippen LogP contribution in [0.2, 0.25) is 0 Å². The number of rotatable bonds is 8. The SMILES string of the molecule is CCc1nn(C)cc1/C=C(/CNCCOC)C(C)C. The van der Waals surface area contributed by atoms with E-state index in [-0.39, 0.29) is 0 Å². The van der Waals surface area contributed by atoms with Crippen molar-refractivity contribution in [1.29, 1.82) is 0 Å². The maximum atomic E-state index is 5.05. The Morgan fingerprint density at radius 3 is 2.84 bits per heavy atom. The Morgan fingerprint density at radius 1 is 1.53 bits per heavy atom. The lowest BCUT2D eigenvalue weighted by Gasteiger charge is -2.12. The minimum absolute atomic E-state index is 0.528. The fraction of sp³-hybridized carbons (Fsp3) is 0.667. The number of aryl methyl sites for hydroxylation is 2. The third-order valence-electron chi connectivity index (χ3n) is 3.17. The summed E-state index contributed by atoms with van der Waals surface area (Å²) in [5.74, 6) is 0.528. The number of nitrogens with one attached hydrogen (secondary N) is 1. The molecule has 4 nitrogen and oxygen atoms in total. The molecule has 0 fully saturated rings. The number of nitrogens with zero attached hydrogens (tertiary/aromatic N) is 2. The molecule has 0 saturated carbocycles. The van der Waals surface area contributed by atoms with Gasteiger partial charge in [-0.3, -0.25) is 4.68 Å². The first-order valence-corrected chi connectivity index (χ1v) is 7.01. The number of aromatic nitrogens is 2. The average Bonchev–Trinajstić information content (AvgIpc) is 2.73. The summed E-state index contributed by atoms with van der Waals surface area (Å²) >= 11 is 0. The smallest absolute Gasteiger partial charge is 0.0694 e. The zero-order chi connectivity index (χ0) is 14.3. The van der Waals surface area contributed by atoms with Crippen LogP contribution in [0.5, 0.6) is 0 Å². The summed E-state index contributed by atoms with van der Waals surface area (Å²) in [4.78, 5) is 0. The van der Waals surface area contributed by atoms with Crippen LogP contribution in [0.15, 0.2) is 11.8 Å². The minimum Gasteiger partial charge on any atom is -0.383 e. The van der Waals surface area contributed by atoms with E-state index in [4.69, 9.17) is 4.74 Å². The second-order valence-corrected chi connectivity index (χ2v) is 5.10. The largest absolute Gasteiger partial charge is 0.383 e. The number of methoxy groups -OCH3 is 1. The molecule has 19 heavy (non-hydrogen) atoms. The molecule has 0 atom stereocenters. The first kappa shape index (κ1) is 15.9. The Hall–Kier alpha value is -1.13. The Bertz CT molecular complexity index is 408. The van der Waals surface area contributed by atoms with Crippen LogP contribution in [0.25, 0.3) is 6.08 Å². The molecule has 0 aliphatic rings. The molecule has 0 unspecified atom stereocenters. The van der Waals surface area contributed by atoms with Crippen LogP contribution >= 0.6 is 0 Å². The van der Waals surface area contributed by atoms with Gasteiger partial charge >= 0.3 is 0 Å². The van der Waals surface area contributed by atoms with Gasteiger partial charge in [0.25, 0.3) is 0 Å². The molecule has 0 aromatic carbocycles. The Balaban J connectivity index is 2.76. The number of hydrogen-bond acceptors (Lipinski definition) is 3. The third kappa shape index (κ3) is 5.17. The minimum atomic E-state index is 0.528. The molecule has 1 aromatic rings. The second kappa shape index (κ2) is 8.12. The summed E-state index contributed by atoms with van der Waals surface area (Å²) in [7, 11) is 3.70. The molecule has 0 aliphatic heterocycles. The fourth-order valence-corrected chi connectivity index (χ4v) is 1.98. The van der Waals surface area contributed by atoms with E-state index < -0.39 is 0 Å². The highest BCUT2D eigenvalue weighted by molar-refractivity contribution is 5.55. The fourth-order valence-electron chi connectivity index (χ4n) is 1.98. The predicted molar refractivity (Wildman–Crippen MR) is 80.1 cm³/mol. The van der Waals surface area contributed by atoms with Gasteiger partial charge < -0.3 is 10.1 Å². The van der Waals surface area contributed by atoms with Crippen molar-refractivity contribution < 1.29 is 4.74 Å². The van der Waals surface area contributed by atoms with E-state index in [1.807, 2.05) is 11.7 Å². The zero-order valence-electron chi connectivity index (χ0n) is 12.9. The van der Waals surface area contributed by atoms with Gasteiger partial charge in [-0.1, -0.05) is 32.4 Å². The maximum absolute atomic E-state index is 5.05. The van der Waals surface area contributed by atoms with E-state index in [2.05, 4.69) is 43.5 Å². The lowest BCUT2D eigenvalue weighted by Crippen LogP contribution is -2.23. The van der Waals surface area contributed by atoms with Crippen molar-refractivity contribution in [2.45, 2.75) is 27.2 Å². The van der Waals surface area contributed by atoms with Crippen molar-refractivity contribution >= 4 is 6.08 Å². The molecule has 0 spiro atoms. The first-order valence-electron chi connectivity index (χ1n) is 7.01. The van der Waals surface area contributed by atoms with Gasteiger partial charge in [-0.2, -0.15) is 5.10 Å². The van der Waals surface area contributed by atoms with Crippen molar-refractivity contribution in [1.82, 2.24) is 15.1 Å². The Kier molecular flexibility index (Phi) is 6.81. The Morgan fingerprint density at radius 2 is 2.26 bits per heavy atom. The highest BCUT2D eigenvalue weighted by atomic mass is 16.5. The molecule has 0 saturated heterocycles. The summed E-state index contributed by atoms with van der Waals surface area (Å²) < 4.78 is 6.94. The monoisotopic (exact) mass is 265 g/mol. The molecular weight excluding hydrogens is 238 g/mol. The third-order valence-corrected chi connectivity index (χ3v) is 3.17. The van der Waals surface area contributed by atoms with Gasteiger partial charge in [-0.05, 0) is 12.3 Å². The quantitative estimate of drug-likeness (QED) is 0.733. The van der Waals surface area contributed by atoms with E-state index in [1.165, 1.54) is 11.1 Å². The van der Waals surface area contributed by atoms with Gasteiger partial charge in [0.15, 0.2) is 0 Å². The van der Waals surface area contributed by atoms with Crippen molar-refractivity contribution in [2.24, 2.45) is 13.0 Å². The van der Waals surface area contributed by atoms with Gasteiger partial charge in [0.1, 0.15) is 0 Å². The van der Waals surface area contributed by atoms with Crippen molar-refractivity contribution in [3.05, 3.63) is 23.0 Å². The molecule has 108 valence electrons. The molecule has 0 aliphatic carbocycles. The molecule has 1 N–H and O–H groups in total. The van der Waals surface area contributed by atoms with Crippen LogP contribution in [0.1, 0.15) is 32.0 Å².